The molecule has 0 atom stereocenters. The molecule has 0 radical (unpaired) electrons. The first-order chi connectivity index (χ1) is 22.0. The Morgan fingerprint density at radius 1 is 0.400 bits per heavy atom. The Morgan fingerprint density at radius 2 is 0.911 bits per heavy atom. The van der Waals surface area contributed by atoms with Crippen LogP contribution in [0.15, 0.2) is 146 Å². The van der Waals surface area contributed by atoms with Gasteiger partial charge in [0.15, 0.2) is 0 Å². The Morgan fingerprint density at radius 3 is 1.56 bits per heavy atom. The van der Waals surface area contributed by atoms with E-state index in [2.05, 4.69) is 171 Å². The van der Waals surface area contributed by atoms with Crippen molar-refractivity contribution in [3.8, 4) is 22.3 Å². The Hall–Kier alpha value is -5.40. The molecule has 0 saturated heterocycles. The Balaban J connectivity index is 1.42. The van der Waals surface area contributed by atoms with Crippen LogP contribution in [0.5, 0.6) is 0 Å². The first-order valence-corrected chi connectivity index (χ1v) is 15.9. The van der Waals surface area contributed by atoms with E-state index in [0.717, 1.165) is 0 Å². The van der Waals surface area contributed by atoms with Crippen LogP contribution in [0.3, 0.4) is 0 Å². The lowest BCUT2D eigenvalue weighted by Crippen LogP contribution is -2.21. The molecule has 1 heteroatoms. The predicted molar refractivity (Wildman–Crippen MR) is 195 cm³/mol. The molecule has 0 saturated carbocycles. The predicted octanol–water partition coefficient (Wildman–Crippen LogP) is 12.5. The number of benzene rings is 8. The molecular weight excluding hydrogens is 542 g/mol. The van der Waals surface area contributed by atoms with E-state index < -0.39 is 0 Å². The monoisotopic (exact) mass is 575 g/mol. The van der Waals surface area contributed by atoms with Gasteiger partial charge in [-0.15, -0.1) is 0 Å². The number of hydrogen-bond donors (Lipinski definition) is 0. The molecule has 0 spiro atoms. The van der Waals surface area contributed by atoms with E-state index in [-0.39, 0.29) is 5.54 Å². The lowest BCUT2D eigenvalue weighted by atomic mass is 9.84. The molecule has 9 rings (SSSR count). The zero-order chi connectivity index (χ0) is 30.3. The molecule has 1 heterocycles. The van der Waals surface area contributed by atoms with Crippen molar-refractivity contribution in [1.82, 2.24) is 4.57 Å². The van der Waals surface area contributed by atoms with Gasteiger partial charge in [-0.25, -0.2) is 0 Å². The summed E-state index contributed by atoms with van der Waals surface area (Å²) < 4.78 is 2.57. The van der Waals surface area contributed by atoms with Crippen LogP contribution in [0.1, 0.15) is 20.8 Å². The molecule has 214 valence electrons. The van der Waals surface area contributed by atoms with Crippen molar-refractivity contribution in [2.75, 3.05) is 0 Å². The second kappa shape index (κ2) is 9.55. The molecule has 0 aliphatic carbocycles. The molecule has 0 unspecified atom stereocenters. The van der Waals surface area contributed by atoms with Crippen molar-refractivity contribution in [3.05, 3.63) is 146 Å². The van der Waals surface area contributed by atoms with Crippen LogP contribution >= 0.6 is 0 Å². The fourth-order valence-electron chi connectivity index (χ4n) is 7.80. The van der Waals surface area contributed by atoms with Gasteiger partial charge in [-0.3, -0.25) is 0 Å². The fourth-order valence-corrected chi connectivity index (χ4v) is 7.80. The van der Waals surface area contributed by atoms with Gasteiger partial charge in [0, 0.05) is 21.7 Å². The number of aromatic nitrogens is 1. The maximum absolute atomic E-state index is 2.57. The maximum atomic E-state index is 2.57. The van der Waals surface area contributed by atoms with Gasteiger partial charge in [0.05, 0.1) is 11.0 Å². The van der Waals surface area contributed by atoms with Gasteiger partial charge in [-0.2, -0.15) is 0 Å². The molecule has 0 aliphatic rings. The Labute approximate surface area is 263 Å². The molecule has 0 amide bonds. The summed E-state index contributed by atoms with van der Waals surface area (Å²) in [5.74, 6) is 0. The van der Waals surface area contributed by atoms with Crippen molar-refractivity contribution in [3.63, 3.8) is 0 Å². The minimum Gasteiger partial charge on any atom is -0.335 e. The van der Waals surface area contributed by atoms with Crippen LogP contribution < -0.4 is 0 Å². The summed E-state index contributed by atoms with van der Waals surface area (Å²) in [5.41, 5.74) is 7.61. The van der Waals surface area contributed by atoms with E-state index in [4.69, 9.17) is 0 Å². The topological polar surface area (TPSA) is 4.93 Å². The molecule has 9 aromatic rings. The van der Waals surface area contributed by atoms with Crippen molar-refractivity contribution in [1.29, 1.82) is 0 Å². The highest BCUT2D eigenvalue weighted by Gasteiger charge is 2.24. The van der Waals surface area contributed by atoms with Crippen LogP contribution in [0.4, 0.5) is 0 Å². The largest absolute Gasteiger partial charge is 0.335 e. The molecule has 0 N–H and O–H groups in total. The molecule has 0 aliphatic heterocycles. The van der Waals surface area contributed by atoms with Crippen LogP contribution in [-0.4, -0.2) is 4.57 Å². The van der Waals surface area contributed by atoms with Gasteiger partial charge in [-0.1, -0.05) is 140 Å². The summed E-state index contributed by atoms with van der Waals surface area (Å²) in [4.78, 5) is 0. The number of rotatable bonds is 2. The minimum absolute atomic E-state index is 0.106. The van der Waals surface area contributed by atoms with E-state index in [1.165, 1.54) is 87.1 Å². The minimum atomic E-state index is -0.106. The van der Waals surface area contributed by atoms with Crippen molar-refractivity contribution >= 4 is 64.9 Å². The highest BCUT2D eigenvalue weighted by molar-refractivity contribution is 6.24. The summed E-state index contributed by atoms with van der Waals surface area (Å²) >= 11 is 0. The second-order valence-electron chi connectivity index (χ2n) is 13.3. The summed E-state index contributed by atoms with van der Waals surface area (Å²) in [5, 5.41) is 12.9. The van der Waals surface area contributed by atoms with Gasteiger partial charge >= 0.3 is 0 Å². The van der Waals surface area contributed by atoms with Crippen LogP contribution in [0.2, 0.25) is 0 Å². The lowest BCUT2D eigenvalue weighted by molar-refractivity contribution is 0.424. The van der Waals surface area contributed by atoms with Gasteiger partial charge in [0.1, 0.15) is 0 Å². The summed E-state index contributed by atoms with van der Waals surface area (Å²) in [6, 6.07) is 53.9. The van der Waals surface area contributed by atoms with E-state index in [9.17, 15) is 0 Å². The van der Waals surface area contributed by atoms with Crippen LogP contribution in [0.25, 0.3) is 87.1 Å². The molecule has 0 fully saturated rings. The number of nitrogens with zero attached hydrogens (tertiary/aromatic N) is 1. The highest BCUT2D eigenvalue weighted by Crippen LogP contribution is 2.46. The smallest absolute Gasteiger partial charge is 0.0576 e. The lowest BCUT2D eigenvalue weighted by Gasteiger charge is -2.25. The van der Waals surface area contributed by atoms with E-state index in [1.54, 1.807) is 0 Å². The van der Waals surface area contributed by atoms with E-state index in [0.29, 0.717) is 0 Å². The van der Waals surface area contributed by atoms with Crippen molar-refractivity contribution in [2.24, 2.45) is 0 Å². The highest BCUT2D eigenvalue weighted by atomic mass is 15.0. The number of hydrogen-bond acceptors (Lipinski definition) is 0. The third kappa shape index (κ3) is 3.80. The van der Waals surface area contributed by atoms with Gasteiger partial charge < -0.3 is 4.57 Å². The number of fused-ring (bicyclic) bond motifs is 8. The van der Waals surface area contributed by atoms with Crippen LogP contribution in [-0.2, 0) is 5.54 Å². The molecule has 8 aromatic carbocycles. The summed E-state index contributed by atoms with van der Waals surface area (Å²) in [7, 11) is 0. The molecule has 1 aromatic heterocycles. The van der Waals surface area contributed by atoms with E-state index in [1.807, 2.05) is 0 Å². The molecular formula is C44H33N. The van der Waals surface area contributed by atoms with Gasteiger partial charge in [-0.05, 0) is 86.8 Å². The zero-order valence-electron chi connectivity index (χ0n) is 25.8. The SMILES string of the molecule is CC(C)(C)n1c2cc(-c3c4ccccc4c(-c4cccc5ccccc45)c4ccccc34)ccc2c2ccc3ccccc3c21. The Bertz CT molecular complexity index is 2560. The third-order valence-electron chi connectivity index (χ3n) is 9.60. The maximum Gasteiger partial charge on any atom is 0.0576 e. The standard InChI is InChI=1S/C44H33N/c1-44(2,3)45-40-27-30(24-25-33(40)39-26-23-29-14-5-7-17-32(29)43(39)45)41-35-18-8-10-20-37(35)42(38-21-11-9-19-36(38)41)34-22-12-15-28-13-4-6-16-31(28)34/h4-27H,1-3H3. The molecule has 1 nitrogen and oxygen atoms in total. The molecule has 0 bridgehead atoms. The molecule has 45 heavy (non-hydrogen) atoms. The van der Waals surface area contributed by atoms with Gasteiger partial charge in [0.2, 0.25) is 0 Å². The first kappa shape index (κ1) is 26.0. The normalized spacial score (nSPS) is 12.3. The van der Waals surface area contributed by atoms with E-state index >= 15 is 0 Å². The average Bonchev–Trinajstić information content (AvgIpc) is 3.42. The third-order valence-corrected chi connectivity index (χ3v) is 9.60. The fraction of sp³-hybridized carbons (Fsp3) is 0.0909. The average molecular weight is 576 g/mol. The summed E-state index contributed by atoms with van der Waals surface area (Å²) in [6.07, 6.45) is 0. The van der Waals surface area contributed by atoms with Crippen molar-refractivity contribution in [2.45, 2.75) is 26.3 Å². The van der Waals surface area contributed by atoms with Gasteiger partial charge in [0.25, 0.3) is 0 Å². The summed E-state index contributed by atoms with van der Waals surface area (Å²) in [6.45, 7) is 6.97. The zero-order valence-corrected chi connectivity index (χ0v) is 25.8. The van der Waals surface area contributed by atoms with Crippen LogP contribution in [0, 0.1) is 0 Å². The van der Waals surface area contributed by atoms with Crippen molar-refractivity contribution < 1.29 is 0 Å². The quantitative estimate of drug-likeness (QED) is 0.181. The second-order valence-corrected chi connectivity index (χ2v) is 13.3. The Kier molecular flexibility index (Phi) is 5.53. The first-order valence-electron chi connectivity index (χ1n) is 15.9.